The molecule has 1 aliphatic rings. The van der Waals surface area contributed by atoms with Crippen LogP contribution in [0.5, 0.6) is 0 Å². The quantitative estimate of drug-likeness (QED) is 0.265. The van der Waals surface area contributed by atoms with E-state index in [0.29, 0.717) is 0 Å². The molecule has 0 saturated carbocycles. The van der Waals surface area contributed by atoms with Gasteiger partial charge in [-0.3, -0.25) is 0 Å². The predicted molar refractivity (Wildman–Crippen MR) is 146 cm³/mol. The molecule has 0 unspecified atom stereocenters. The Balaban J connectivity index is 1.68. The van der Waals surface area contributed by atoms with E-state index >= 15 is 0 Å². The van der Waals surface area contributed by atoms with E-state index in [1.807, 2.05) is 0 Å². The third kappa shape index (κ3) is 4.38. The first-order valence-electron chi connectivity index (χ1n) is 12.5. The molecule has 0 N–H and O–H groups in total. The van der Waals surface area contributed by atoms with Crippen LogP contribution in [0.25, 0.3) is 34.4 Å². The summed E-state index contributed by atoms with van der Waals surface area (Å²) < 4.78 is 0. The zero-order valence-electron chi connectivity index (χ0n) is 20.8. The topological polar surface area (TPSA) is 0 Å². The Hall–Kier alpha value is -3.38. The molecule has 0 aromatic heterocycles. The van der Waals surface area contributed by atoms with Crippen LogP contribution in [0.4, 0.5) is 0 Å². The molecule has 0 spiro atoms. The van der Waals surface area contributed by atoms with Crippen molar-refractivity contribution in [1.82, 2.24) is 0 Å². The molecule has 0 nitrogen and oxygen atoms in total. The van der Waals surface area contributed by atoms with Gasteiger partial charge in [0.1, 0.15) is 0 Å². The van der Waals surface area contributed by atoms with E-state index in [1.54, 1.807) is 0 Å². The van der Waals surface area contributed by atoms with Gasteiger partial charge in [-0.1, -0.05) is 119 Å². The van der Waals surface area contributed by atoms with Gasteiger partial charge >= 0.3 is 0 Å². The van der Waals surface area contributed by atoms with Gasteiger partial charge in [-0.15, -0.1) is 0 Å². The average Bonchev–Trinajstić information content (AvgIpc) is 3.22. The minimum atomic E-state index is 0.153. The highest BCUT2D eigenvalue weighted by atomic mass is 14.2. The lowest BCUT2D eigenvalue weighted by Crippen LogP contribution is -2.27. The van der Waals surface area contributed by atoms with Crippen molar-refractivity contribution in [1.29, 1.82) is 0 Å². The van der Waals surface area contributed by atoms with E-state index in [1.165, 1.54) is 67.8 Å². The highest BCUT2D eigenvalue weighted by Gasteiger charge is 2.16. The summed E-state index contributed by atoms with van der Waals surface area (Å²) in [6.45, 7) is 9.04. The minimum Gasteiger partial charge on any atom is -0.0654 e. The van der Waals surface area contributed by atoms with Crippen molar-refractivity contribution >= 4 is 12.2 Å². The Bertz CT molecular complexity index is 1430. The lowest BCUT2D eigenvalue weighted by Gasteiger charge is -2.18. The third-order valence-electron chi connectivity index (χ3n) is 6.89. The Kier molecular flexibility index (Phi) is 6.00. The zero-order valence-corrected chi connectivity index (χ0v) is 20.8. The fraction of sp³-hybridized carbons (Fsp3) is 0.235. The molecule has 34 heavy (non-hydrogen) atoms. The third-order valence-corrected chi connectivity index (χ3v) is 6.89. The molecule has 169 valence electrons. The first-order valence-corrected chi connectivity index (χ1v) is 12.5. The Morgan fingerprint density at radius 2 is 1.44 bits per heavy atom. The first-order chi connectivity index (χ1) is 16.4. The molecule has 1 aliphatic carbocycles. The molecule has 0 fully saturated rings. The first kappa shape index (κ1) is 22.4. The monoisotopic (exact) mass is 441 g/mol. The molecule has 0 bridgehead atoms. The molecule has 0 heterocycles. The molecule has 0 saturated heterocycles. The van der Waals surface area contributed by atoms with Crippen LogP contribution in [0.1, 0.15) is 62.8 Å². The van der Waals surface area contributed by atoms with Crippen LogP contribution in [0.15, 0.2) is 84.9 Å². The van der Waals surface area contributed by atoms with E-state index in [0.717, 1.165) is 6.42 Å². The zero-order chi connectivity index (χ0) is 23.7. The summed E-state index contributed by atoms with van der Waals surface area (Å²) >= 11 is 0. The van der Waals surface area contributed by atoms with Gasteiger partial charge in [0, 0.05) is 0 Å². The predicted octanol–water partition coefficient (Wildman–Crippen LogP) is 7.51. The highest BCUT2D eigenvalue weighted by molar-refractivity contribution is 5.85. The fourth-order valence-corrected chi connectivity index (χ4v) is 4.82. The molecule has 0 aliphatic heterocycles. The minimum absolute atomic E-state index is 0.153. The van der Waals surface area contributed by atoms with E-state index in [-0.39, 0.29) is 5.41 Å². The number of aryl methyl sites for hydroxylation is 1. The molecular formula is C34H33. The molecule has 5 rings (SSSR count). The van der Waals surface area contributed by atoms with Crippen molar-refractivity contribution < 1.29 is 0 Å². The van der Waals surface area contributed by atoms with Crippen molar-refractivity contribution in [2.24, 2.45) is 0 Å². The van der Waals surface area contributed by atoms with Crippen LogP contribution in [-0.2, 0) is 11.8 Å². The standard InChI is InChI=1S/C34H33/c1-5-6-9-24-12-16-26(17-13-24)30-20-21-31-29-11-8-7-10-27(29)23-33(31)32(30)22-25-14-18-28(19-15-25)34(2,3)4/h7-8,10-22H,5-6,9H2,1-4H3. The molecule has 4 aromatic carbocycles. The lowest BCUT2D eigenvalue weighted by molar-refractivity contribution is 0.590. The largest absolute Gasteiger partial charge is 0.0654 e. The van der Waals surface area contributed by atoms with Gasteiger partial charge in [0.15, 0.2) is 0 Å². The fourth-order valence-electron chi connectivity index (χ4n) is 4.82. The maximum atomic E-state index is 3.72. The number of fused-ring (bicyclic) bond motifs is 3. The Labute approximate surface area is 204 Å². The highest BCUT2D eigenvalue weighted by Crippen LogP contribution is 2.28. The van der Waals surface area contributed by atoms with Crippen molar-refractivity contribution in [2.75, 3.05) is 0 Å². The van der Waals surface area contributed by atoms with E-state index < -0.39 is 0 Å². The van der Waals surface area contributed by atoms with Crippen molar-refractivity contribution in [2.45, 2.75) is 52.4 Å². The van der Waals surface area contributed by atoms with Gasteiger partial charge in [-0.25, -0.2) is 0 Å². The molecule has 4 aromatic rings. The van der Waals surface area contributed by atoms with E-state index in [2.05, 4.69) is 125 Å². The second kappa shape index (κ2) is 9.11. The summed E-state index contributed by atoms with van der Waals surface area (Å²) in [7, 11) is 0. The van der Waals surface area contributed by atoms with Gasteiger partial charge in [0.25, 0.3) is 0 Å². The van der Waals surface area contributed by atoms with Crippen LogP contribution in [0.2, 0.25) is 0 Å². The number of hydrogen-bond acceptors (Lipinski definition) is 0. The maximum Gasteiger partial charge on any atom is -0.000741 e. The van der Waals surface area contributed by atoms with E-state index in [9.17, 15) is 0 Å². The number of hydrogen-bond donors (Lipinski definition) is 0. The van der Waals surface area contributed by atoms with Crippen molar-refractivity contribution in [3.05, 3.63) is 118 Å². The van der Waals surface area contributed by atoms with Crippen LogP contribution >= 0.6 is 0 Å². The lowest BCUT2D eigenvalue weighted by atomic mass is 9.86. The van der Waals surface area contributed by atoms with E-state index in [4.69, 9.17) is 0 Å². The second-order valence-electron chi connectivity index (χ2n) is 10.4. The molecule has 0 amide bonds. The number of unbranched alkanes of at least 4 members (excludes halogenated alkanes) is 1. The molecule has 0 heteroatoms. The maximum absolute atomic E-state index is 3.72. The molecule has 0 atom stereocenters. The van der Waals surface area contributed by atoms with Crippen molar-refractivity contribution in [3.63, 3.8) is 0 Å². The number of rotatable bonds is 5. The Morgan fingerprint density at radius 1 is 0.735 bits per heavy atom. The summed E-state index contributed by atoms with van der Waals surface area (Å²) in [6, 6.07) is 31.3. The van der Waals surface area contributed by atoms with Crippen molar-refractivity contribution in [3.8, 4) is 22.3 Å². The summed E-state index contributed by atoms with van der Waals surface area (Å²) in [6.07, 6.45) is 9.68. The normalized spacial score (nSPS) is 12.9. The van der Waals surface area contributed by atoms with Crippen LogP contribution in [0, 0.1) is 0 Å². The van der Waals surface area contributed by atoms with Crippen LogP contribution in [-0.4, -0.2) is 0 Å². The van der Waals surface area contributed by atoms with Crippen LogP contribution < -0.4 is 10.4 Å². The van der Waals surface area contributed by atoms with Gasteiger partial charge in [0.2, 0.25) is 0 Å². The second-order valence-corrected chi connectivity index (χ2v) is 10.4. The van der Waals surface area contributed by atoms with Gasteiger partial charge in [-0.05, 0) is 85.4 Å². The number of benzene rings is 4. The Morgan fingerprint density at radius 3 is 2.15 bits per heavy atom. The SMILES string of the molecule is CCCCc1ccc(-c2ccc3c(c2=Cc2ccc(C(C)(C)C)cc2)=[C]c2ccccc2-3)cc1. The summed E-state index contributed by atoms with van der Waals surface area (Å²) in [5.41, 5.74) is 10.4. The summed E-state index contributed by atoms with van der Waals surface area (Å²) in [5, 5.41) is 2.45. The smallest absolute Gasteiger partial charge is 0.000741 e. The average molecular weight is 442 g/mol. The molecule has 1 radical (unpaired) electrons. The van der Waals surface area contributed by atoms with Gasteiger partial charge < -0.3 is 0 Å². The molecular weight excluding hydrogens is 408 g/mol. The summed E-state index contributed by atoms with van der Waals surface area (Å²) in [4.78, 5) is 0. The van der Waals surface area contributed by atoms with Crippen LogP contribution in [0.3, 0.4) is 0 Å². The van der Waals surface area contributed by atoms with Gasteiger partial charge in [0.05, 0.1) is 0 Å². The summed E-state index contributed by atoms with van der Waals surface area (Å²) in [5.74, 6) is 0. The van der Waals surface area contributed by atoms with Gasteiger partial charge in [-0.2, -0.15) is 0 Å².